The number of aliphatic carboxylic acids is 2. The molecule has 0 unspecified atom stereocenters. The van der Waals surface area contributed by atoms with Gasteiger partial charge in [0.15, 0.2) is 0 Å². The summed E-state index contributed by atoms with van der Waals surface area (Å²) in [6, 6.07) is 6.03. The lowest BCUT2D eigenvalue weighted by atomic mass is 9.76. The van der Waals surface area contributed by atoms with Crippen LogP contribution < -0.4 is 5.32 Å². The highest BCUT2D eigenvalue weighted by Gasteiger charge is 2.30. The quantitative estimate of drug-likeness (QED) is 0.560. The number of carboxylic acids is 2. The van der Waals surface area contributed by atoms with Crippen LogP contribution >= 0.6 is 0 Å². The first kappa shape index (κ1) is 24.0. The summed E-state index contributed by atoms with van der Waals surface area (Å²) in [7, 11) is 0. The van der Waals surface area contributed by atoms with Gasteiger partial charge in [-0.3, -0.25) is 9.59 Å². The van der Waals surface area contributed by atoms with Gasteiger partial charge in [-0.25, -0.2) is 4.39 Å². The normalized spacial score (nSPS) is 20.6. The van der Waals surface area contributed by atoms with Crippen LogP contribution in [0, 0.1) is 17.7 Å². The number of rotatable bonds is 7. The molecular formula is C21H32FNO5. The predicted octanol–water partition coefficient (Wildman–Crippen LogP) is 3.60. The third kappa shape index (κ3) is 9.28. The van der Waals surface area contributed by atoms with Crippen molar-refractivity contribution in [1.82, 2.24) is 5.32 Å². The molecule has 0 bridgehead atoms. The Morgan fingerprint density at radius 1 is 1.21 bits per heavy atom. The zero-order valence-corrected chi connectivity index (χ0v) is 16.8. The van der Waals surface area contributed by atoms with Crippen LogP contribution in [-0.4, -0.2) is 39.3 Å². The molecule has 0 spiro atoms. The van der Waals surface area contributed by atoms with E-state index in [9.17, 15) is 14.3 Å². The highest BCUT2D eigenvalue weighted by molar-refractivity contribution is 5.70. The van der Waals surface area contributed by atoms with Crippen LogP contribution in [-0.2, 0) is 9.59 Å². The second-order valence-corrected chi connectivity index (χ2v) is 8.11. The molecular weight excluding hydrogens is 365 g/mol. The summed E-state index contributed by atoms with van der Waals surface area (Å²) in [5, 5.41) is 30.1. The fourth-order valence-corrected chi connectivity index (χ4v) is 3.61. The van der Waals surface area contributed by atoms with E-state index in [2.05, 4.69) is 19.2 Å². The summed E-state index contributed by atoms with van der Waals surface area (Å²) in [6.07, 6.45) is 3.57. The number of halogens is 1. The van der Waals surface area contributed by atoms with E-state index in [1.807, 2.05) is 0 Å². The minimum atomic E-state index is -0.833. The lowest BCUT2D eigenvalue weighted by molar-refractivity contribution is -0.143. The van der Waals surface area contributed by atoms with Gasteiger partial charge in [-0.05, 0) is 69.6 Å². The maximum Gasteiger partial charge on any atom is 0.306 e. The Morgan fingerprint density at radius 2 is 1.79 bits per heavy atom. The number of aliphatic hydroxyl groups excluding tert-OH is 1. The van der Waals surface area contributed by atoms with Crippen molar-refractivity contribution in [3.05, 3.63) is 35.6 Å². The lowest BCUT2D eigenvalue weighted by Gasteiger charge is -2.35. The molecule has 0 aliphatic heterocycles. The van der Waals surface area contributed by atoms with Gasteiger partial charge in [0.1, 0.15) is 5.82 Å². The van der Waals surface area contributed by atoms with Crippen LogP contribution in [0.15, 0.2) is 24.3 Å². The molecule has 0 aromatic heterocycles. The van der Waals surface area contributed by atoms with Crippen LogP contribution in [0.3, 0.4) is 0 Å². The minimum Gasteiger partial charge on any atom is -0.481 e. The van der Waals surface area contributed by atoms with Crippen molar-refractivity contribution in [2.24, 2.45) is 11.8 Å². The van der Waals surface area contributed by atoms with Crippen molar-refractivity contribution in [2.75, 3.05) is 6.54 Å². The molecule has 1 atom stereocenters. The van der Waals surface area contributed by atoms with Gasteiger partial charge < -0.3 is 20.6 Å². The standard InChI is InChI=1S/C19H28FNO3.C2H4O2/c1-19(2,11-13-6-8-14(9-7-13)18(23)24)21-12-17(22)15-4-3-5-16(20)10-15;1-2(3)4/h3-5,10,13-14,17,21-22H,6-9,11-12H2,1-2H3,(H,23,24);1H3,(H,3,4)/t13?,14?,17-;/m0./s1. The highest BCUT2D eigenvalue weighted by Crippen LogP contribution is 2.34. The fraction of sp³-hybridized carbons (Fsp3) is 0.619. The molecule has 28 heavy (non-hydrogen) atoms. The molecule has 6 nitrogen and oxygen atoms in total. The summed E-state index contributed by atoms with van der Waals surface area (Å²) < 4.78 is 13.2. The Labute approximate surface area is 165 Å². The average molecular weight is 397 g/mol. The molecule has 1 aliphatic carbocycles. The Balaban J connectivity index is 0.000000892. The number of carboxylic acid groups (broad SMARTS) is 2. The van der Waals surface area contributed by atoms with Gasteiger partial charge in [0.2, 0.25) is 0 Å². The first-order valence-electron chi connectivity index (χ1n) is 9.61. The van der Waals surface area contributed by atoms with Crippen molar-refractivity contribution in [3.63, 3.8) is 0 Å². The van der Waals surface area contributed by atoms with E-state index < -0.39 is 18.0 Å². The van der Waals surface area contributed by atoms with Crippen LogP contribution in [0.1, 0.15) is 64.5 Å². The van der Waals surface area contributed by atoms with E-state index in [1.54, 1.807) is 12.1 Å². The highest BCUT2D eigenvalue weighted by atomic mass is 19.1. The SMILES string of the molecule is CC(=O)O.CC(C)(CC1CCC(C(=O)O)CC1)NC[C@H](O)c1cccc(F)c1. The smallest absolute Gasteiger partial charge is 0.306 e. The molecule has 7 heteroatoms. The van der Waals surface area contributed by atoms with Gasteiger partial charge in [0.05, 0.1) is 12.0 Å². The first-order valence-corrected chi connectivity index (χ1v) is 9.61. The molecule has 2 rings (SSSR count). The number of hydrogen-bond acceptors (Lipinski definition) is 4. The largest absolute Gasteiger partial charge is 0.481 e. The average Bonchev–Trinajstić information content (AvgIpc) is 2.59. The Hall–Kier alpha value is -1.99. The maximum atomic E-state index is 13.2. The molecule has 1 aromatic carbocycles. The van der Waals surface area contributed by atoms with Crippen molar-refractivity contribution in [1.29, 1.82) is 0 Å². The molecule has 4 N–H and O–H groups in total. The molecule has 1 fully saturated rings. The van der Waals surface area contributed by atoms with Crippen molar-refractivity contribution < 1.29 is 29.3 Å². The molecule has 0 radical (unpaired) electrons. The summed E-state index contributed by atoms with van der Waals surface area (Å²) >= 11 is 0. The number of carbonyl (C=O) groups is 2. The third-order valence-corrected chi connectivity index (χ3v) is 5.00. The van der Waals surface area contributed by atoms with E-state index in [0.29, 0.717) is 18.0 Å². The lowest BCUT2D eigenvalue weighted by Crippen LogP contribution is -2.43. The van der Waals surface area contributed by atoms with Crippen molar-refractivity contribution in [2.45, 2.75) is 64.5 Å². The Kier molecular flexibility index (Phi) is 9.55. The molecule has 1 aromatic rings. The monoisotopic (exact) mass is 397 g/mol. The Bertz CT molecular complexity index is 637. The summed E-state index contributed by atoms with van der Waals surface area (Å²) in [5.74, 6) is -1.54. The zero-order chi connectivity index (χ0) is 21.3. The van der Waals surface area contributed by atoms with Gasteiger partial charge in [0, 0.05) is 19.0 Å². The summed E-state index contributed by atoms with van der Waals surface area (Å²) in [5.41, 5.74) is 0.412. The molecule has 1 saturated carbocycles. The van der Waals surface area contributed by atoms with Gasteiger partial charge >= 0.3 is 5.97 Å². The second-order valence-electron chi connectivity index (χ2n) is 8.11. The fourth-order valence-electron chi connectivity index (χ4n) is 3.61. The second kappa shape index (κ2) is 11.1. The van der Waals surface area contributed by atoms with E-state index in [0.717, 1.165) is 39.0 Å². The Morgan fingerprint density at radius 3 is 2.29 bits per heavy atom. The van der Waals surface area contributed by atoms with E-state index in [4.69, 9.17) is 15.0 Å². The van der Waals surface area contributed by atoms with E-state index in [-0.39, 0.29) is 17.3 Å². The van der Waals surface area contributed by atoms with Gasteiger partial charge in [-0.15, -0.1) is 0 Å². The van der Waals surface area contributed by atoms with Crippen LogP contribution in [0.4, 0.5) is 4.39 Å². The van der Waals surface area contributed by atoms with Crippen LogP contribution in [0.25, 0.3) is 0 Å². The number of benzene rings is 1. The molecule has 0 heterocycles. The number of β-amino-alcohol motifs (C(OH)–C–C–N with tert-alkyl or cyclic N) is 1. The van der Waals surface area contributed by atoms with Crippen molar-refractivity contribution >= 4 is 11.9 Å². The van der Waals surface area contributed by atoms with E-state index >= 15 is 0 Å². The number of aliphatic hydroxyl groups is 1. The topological polar surface area (TPSA) is 107 Å². The number of nitrogens with one attached hydrogen (secondary N) is 1. The number of hydrogen-bond donors (Lipinski definition) is 4. The summed E-state index contributed by atoms with van der Waals surface area (Å²) in [6.45, 7) is 5.63. The van der Waals surface area contributed by atoms with Gasteiger partial charge in [-0.1, -0.05) is 12.1 Å². The molecule has 1 aliphatic rings. The molecule has 0 amide bonds. The third-order valence-electron chi connectivity index (χ3n) is 5.00. The molecule has 0 saturated heterocycles. The predicted molar refractivity (Wildman–Crippen MR) is 104 cm³/mol. The van der Waals surface area contributed by atoms with Crippen LogP contribution in [0.5, 0.6) is 0 Å². The maximum absolute atomic E-state index is 13.2. The molecule has 158 valence electrons. The van der Waals surface area contributed by atoms with Crippen molar-refractivity contribution in [3.8, 4) is 0 Å². The minimum absolute atomic E-state index is 0.158. The summed E-state index contributed by atoms with van der Waals surface area (Å²) in [4.78, 5) is 20.0. The van der Waals surface area contributed by atoms with Gasteiger partial charge in [-0.2, -0.15) is 0 Å². The van der Waals surface area contributed by atoms with E-state index in [1.165, 1.54) is 12.1 Å². The van der Waals surface area contributed by atoms with Gasteiger partial charge in [0.25, 0.3) is 5.97 Å². The van der Waals surface area contributed by atoms with Crippen LogP contribution in [0.2, 0.25) is 0 Å². The first-order chi connectivity index (χ1) is 13.0. The zero-order valence-electron chi connectivity index (χ0n) is 16.8.